The van der Waals surface area contributed by atoms with Crippen molar-refractivity contribution in [3.63, 3.8) is 0 Å². The van der Waals surface area contributed by atoms with Gasteiger partial charge in [0.05, 0.1) is 24.0 Å². The van der Waals surface area contributed by atoms with Crippen molar-refractivity contribution in [2.75, 3.05) is 31.2 Å². The van der Waals surface area contributed by atoms with Gasteiger partial charge >= 0.3 is 5.97 Å². The van der Waals surface area contributed by atoms with Crippen LogP contribution in [0.1, 0.15) is 30.6 Å². The van der Waals surface area contributed by atoms with Crippen LogP contribution in [0, 0.1) is 5.92 Å². The fourth-order valence-corrected chi connectivity index (χ4v) is 1.72. The topological polar surface area (TPSA) is 93.4 Å². The second-order valence-corrected chi connectivity index (χ2v) is 5.13. The first kappa shape index (κ1) is 16.8. The summed E-state index contributed by atoms with van der Waals surface area (Å²) in [6, 6.07) is 5.07. The van der Waals surface area contributed by atoms with E-state index in [1.165, 1.54) is 7.11 Å². The number of nitrogen functional groups attached to an aromatic ring is 1. The van der Waals surface area contributed by atoms with Gasteiger partial charge < -0.3 is 21.1 Å². The van der Waals surface area contributed by atoms with E-state index < -0.39 is 5.97 Å². The molecule has 1 aromatic carbocycles. The van der Waals surface area contributed by atoms with E-state index in [0.29, 0.717) is 42.4 Å². The number of para-hydroxylation sites is 1. The number of hydrogen-bond acceptors (Lipinski definition) is 5. The van der Waals surface area contributed by atoms with Crippen LogP contribution in [0.4, 0.5) is 11.4 Å². The lowest BCUT2D eigenvalue weighted by atomic mass is 10.1. The van der Waals surface area contributed by atoms with Crippen LogP contribution >= 0.6 is 0 Å². The van der Waals surface area contributed by atoms with Crippen molar-refractivity contribution in [1.82, 2.24) is 5.32 Å². The summed E-state index contributed by atoms with van der Waals surface area (Å²) in [5.41, 5.74) is 7.17. The molecule has 0 spiro atoms. The van der Waals surface area contributed by atoms with Gasteiger partial charge in [-0.3, -0.25) is 4.79 Å². The lowest BCUT2D eigenvalue weighted by Crippen LogP contribution is -2.28. The monoisotopic (exact) mass is 293 g/mol. The van der Waals surface area contributed by atoms with Crippen LogP contribution in [0.5, 0.6) is 0 Å². The summed E-state index contributed by atoms with van der Waals surface area (Å²) in [6.07, 6.45) is 0.342. The van der Waals surface area contributed by atoms with Crippen LogP contribution in [0.2, 0.25) is 0 Å². The molecule has 0 radical (unpaired) electrons. The van der Waals surface area contributed by atoms with Crippen molar-refractivity contribution >= 4 is 23.3 Å². The minimum atomic E-state index is -0.481. The maximum absolute atomic E-state index is 11.6. The Bertz CT molecular complexity index is 501. The van der Waals surface area contributed by atoms with E-state index >= 15 is 0 Å². The zero-order valence-corrected chi connectivity index (χ0v) is 12.7. The Labute approximate surface area is 125 Å². The summed E-state index contributed by atoms with van der Waals surface area (Å²) < 4.78 is 4.66. The molecule has 6 nitrogen and oxygen atoms in total. The van der Waals surface area contributed by atoms with Crippen LogP contribution < -0.4 is 16.4 Å². The average Bonchev–Trinajstić information content (AvgIpc) is 2.46. The molecule has 0 fully saturated rings. The van der Waals surface area contributed by atoms with E-state index in [9.17, 15) is 9.59 Å². The molecule has 116 valence electrons. The summed E-state index contributed by atoms with van der Waals surface area (Å²) in [7, 11) is 1.31. The maximum Gasteiger partial charge on any atom is 0.340 e. The van der Waals surface area contributed by atoms with Gasteiger partial charge in [0.1, 0.15) is 0 Å². The van der Waals surface area contributed by atoms with Crippen molar-refractivity contribution in [2.45, 2.75) is 20.3 Å². The van der Waals surface area contributed by atoms with Crippen molar-refractivity contribution < 1.29 is 14.3 Å². The second-order valence-electron chi connectivity index (χ2n) is 5.13. The number of ether oxygens (including phenoxy) is 1. The van der Waals surface area contributed by atoms with E-state index in [2.05, 4.69) is 15.4 Å². The number of esters is 1. The van der Waals surface area contributed by atoms with E-state index in [1.807, 2.05) is 13.8 Å². The highest BCUT2D eigenvalue weighted by molar-refractivity contribution is 5.98. The highest BCUT2D eigenvalue weighted by Gasteiger charge is 2.12. The van der Waals surface area contributed by atoms with Gasteiger partial charge in [0.2, 0.25) is 5.91 Å². The molecular formula is C15H23N3O3. The molecule has 0 aliphatic carbocycles. The minimum Gasteiger partial charge on any atom is -0.465 e. The van der Waals surface area contributed by atoms with Crippen LogP contribution in [0.3, 0.4) is 0 Å². The van der Waals surface area contributed by atoms with Crippen LogP contribution in [0.25, 0.3) is 0 Å². The third kappa shape index (κ3) is 5.33. The Morgan fingerprint density at radius 3 is 2.67 bits per heavy atom. The molecule has 1 aromatic rings. The Kier molecular flexibility index (Phi) is 6.52. The zero-order chi connectivity index (χ0) is 15.8. The molecule has 0 atom stereocenters. The lowest BCUT2D eigenvalue weighted by Gasteiger charge is -2.12. The first-order valence-electron chi connectivity index (χ1n) is 6.93. The van der Waals surface area contributed by atoms with E-state index in [-0.39, 0.29) is 5.91 Å². The largest absolute Gasteiger partial charge is 0.465 e. The smallest absolute Gasteiger partial charge is 0.340 e. The van der Waals surface area contributed by atoms with Crippen molar-refractivity contribution in [3.8, 4) is 0 Å². The number of methoxy groups -OCH3 is 1. The standard InChI is InChI=1S/C15H23N3O3/c1-10(2)9-18-13(19)7-8-17-12-6-4-5-11(14(12)16)15(20)21-3/h4-6,10,17H,7-9,16H2,1-3H3,(H,18,19). The molecule has 21 heavy (non-hydrogen) atoms. The van der Waals surface area contributed by atoms with E-state index in [0.717, 1.165) is 0 Å². The number of nitrogens with two attached hydrogens (primary N) is 1. The van der Waals surface area contributed by atoms with Gasteiger partial charge in [0, 0.05) is 19.5 Å². The molecule has 0 saturated carbocycles. The molecule has 0 bridgehead atoms. The maximum atomic E-state index is 11.6. The van der Waals surface area contributed by atoms with Crippen LogP contribution in [-0.2, 0) is 9.53 Å². The van der Waals surface area contributed by atoms with Gasteiger partial charge in [-0.25, -0.2) is 4.79 Å². The molecule has 0 aliphatic rings. The van der Waals surface area contributed by atoms with Gasteiger partial charge in [-0.1, -0.05) is 19.9 Å². The molecule has 0 saturated heterocycles. The summed E-state index contributed by atoms with van der Waals surface area (Å²) in [5, 5.41) is 5.89. The van der Waals surface area contributed by atoms with E-state index in [4.69, 9.17) is 5.73 Å². The summed E-state index contributed by atoms with van der Waals surface area (Å²) in [6.45, 7) is 5.19. The third-order valence-corrected chi connectivity index (χ3v) is 2.89. The Morgan fingerprint density at radius 2 is 2.05 bits per heavy atom. The van der Waals surface area contributed by atoms with Gasteiger partial charge in [-0.05, 0) is 18.1 Å². The average molecular weight is 293 g/mol. The Balaban J connectivity index is 2.53. The predicted molar refractivity (Wildman–Crippen MR) is 83.1 cm³/mol. The highest BCUT2D eigenvalue weighted by atomic mass is 16.5. The lowest BCUT2D eigenvalue weighted by molar-refractivity contribution is -0.120. The molecule has 1 amide bonds. The summed E-state index contributed by atoms with van der Waals surface area (Å²) in [5.74, 6) is -0.0704. The van der Waals surface area contributed by atoms with Gasteiger partial charge in [-0.2, -0.15) is 0 Å². The number of benzene rings is 1. The summed E-state index contributed by atoms with van der Waals surface area (Å²) >= 11 is 0. The fourth-order valence-electron chi connectivity index (χ4n) is 1.72. The number of carbonyl (C=O) groups excluding carboxylic acids is 2. The second kappa shape index (κ2) is 8.14. The number of rotatable bonds is 7. The normalized spacial score (nSPS) is 10.3. The quantitative estimate of drug-likeness (QED) is 0.525. The number of anilines is 2. The number of hydrogen-bond donors (Lipinski definition) is 3. The third-order valence-electron chi connectivity index (χ3n) is 2.89. The van der Waals surface area contributed by atoms with E-state index in [1.54, 1.807) is 18.2 Å². The van der Waals surface area contributed by atoms with Gasteiger partial charge in [0.25, 0.3) is 0 Å². The van der Waals surface area contributed by atoms with Crippen molar-refractivity contribution in [1.29, 1.82) is 0 Å². The number of amides is 1. The highest BCUT2D eigenvalue weighted by Crippen LogP contribution is 2.23. The Hall–Kier alpha value is -2.24. The molecule has 0 aliphatic heterocycles. The molecule has 0 heterocycles. The van der Waals surface area contributed by atoms with Crippen LogP contribution in [0.15, 0.2) is 18.2 Å². The van der Waals surface area contributed by atoms with Crippen molar-refractivity contribution in [3.05, 3.63) is 23.8 Å². The predicted octanol–water partition coefficient (Wildman–Crippen LogP) is 1.63. The molecule has 0 unspecified atom stereocenters. The number of carbonyl (C=O) groups is 2. The Morgan fingerprint density at radius 1 is 1.33 bits per heavy atom. The number of nitrogens with one attached hydrogen (secondary N) is 2. The molecule has 1 rings (SSSR count). The molecule has 6 heteroatoms. The van der Waals surface area contributed by atoms with Gasteiger partial charge in [0.15, 0.2) is 0 Å². The first-order chi connectivity index (χ1) is 9.95. The SMILES string of the molecule is COC(=O)c1cccc(NCCC(=O)NCC(C)C)c1N. The summed E-state index contributed by atoms with van der Waals surface area (Å²) in [4.78, 5) is 23.1. The molecular weight excluding hydrogens is 270 g/mol. The minimum absolute atomic E-state index is 0.0149. The van der Waals surface area contributed by atoms with Crippen molar-refractivity contribution in [2.24, 2.45) is 5.92 Å². The zero-order valence-electron chi connectivity index (χ0n) is 12.7. The first-order valence-corrected chi connectivity index (χ1v) is 6.93. The fraction of sp³-hybridized carbons (Fsp3) is 0.467. The molecule has 0 aromatic heterocycles. The van der Waals surface area contributed by atoms with Crippen LogP contribution in [-0.4, -0.2) is 32.1 Å². The molecule has 4 N–H and O–H groups in total. The van der Waals surface area contributed by atoms with Gasteiger partial charge in [-0.15, -0.1) is 0 Å².